The number of aryl methyl sites for hydroxylation is 1. The van der Waals surface area contributed by atoms with Gasteiger partial charge >= 0.3 is 0 Å². The summed E-state index contributed by atoms with van der Waals surface area (Å²) in [6.07, 6.45) is -0.271. The fraction of sp³-hybridized carbons (Fsp3) is 0.250. The number of halogens is 2. The molecule has 4 heteroatoms. The lowest BCUT2D eigenvalue weighted by Gasteiger charge is -2.25. The second kappa shape index (κ2) is 6.49. The van der Waals surface area contributed by atoms with E-state index >= 15 is 0 Å². The van der Waals surface area contributed by atoms with E-state index in [-0.39, 0.29) is 12.1 Å². The molecule has 0 bridgehead atoms. The molecule has 0 saturated carbocycles. The highest BCUT2D eigenvalue weighted by molar-refractivity contribution is 6.34. The largest absolute Gasteiger partial charge is 0.482 e. The second-order valence-electron chi connectivity index (χ2n) is 4.83. The van der Waals surface area contributed by atoms with Crippen LogP contribution in [0.25, 0.3) is 0 Å². The van der Waals surface area contributed by atoms with Crippen molar-refractivity contribution < 1.29 is 4.74 Å². The Bertz CT molecular complexity index is 599. The minimum Gasteiger partial charge on any atom is -0.482 e. The molecule has 0 aliphatic heterocycles. The van der Waals surface area contributed by atoms with Gasteiger partial charge in [-0.2, -0.15) is 0 Å². The number of benzene rings is 2. The van der Waals surface area contributed by atoms with Crippen LogP contribution in [0.15, 0.2) is 42.5 Å². The molecule has 0 amide bonds. The van der Waals surface area contributed by atoms with E-state index in [2.05, 4.69) is 0 Å². The Balaban J connectivity index is 2.36. The monoisotopic (exact) mass is 309 g/mol. The first-order chi connectivity index (χ1) is 9.49. The molecule has 0 radical (unpaired) electrons. The molecular formula is C16H17Cl2NO. The zero-order chi connectivity index (χ0) is 14.7. The lowest BCUT2D eigenvalue weighted by Crippen LogP contribution is -2.29. The molecular weight excluding hydrogens is 293 g/mol. The van der Waals surface area contributed by atoms with Gasteiger partial charge in [0.25, 0.3) is 0 Å². The molecule has 2 aromatic rings. The minimum absolute atomic E-state index is 0.175. The van der Waals surface area contributed by atoms with E-state index in [1.54, 1.807) is 18.2 Å². The van der Waals surface area contributed by atoms with Crippen LogP contribution in [-0.2, 0) is 0 Å². The van der Waals surface area contributed by atoms with Crippen LogP contribution in [0.3, 0.4) is 0 Å². The van der Waals surface area contributed by atoms with Crippen LogP contribution in [-0.4, -0.2) is 6.04 Å². The SMILES string of the molecule is Cc1ccccc1C(Oc1cc(Cl)ccc1Cl)C(C)N. The van der Waals surface area contributed by atoms with Gasteiger partial charge in [-0.3, -0.25) is 0 Å². The summed E-state index contributed by atoms with van der Waals surface area (Å²) in [6.45, 7) is 3.95. The molecule has 2 N–H and O–H groups in total. The van der Waals surface area contributed by atoms with E-state index in [0.29, 0.717) is 15.8 Å². The second-order valence-corrected chi connectivity index (χ2v) is 5.67. The third-order valence-corrected chi connectivity index (χ3v) is 3.67. The topological polar surface area (TPSA) is 35.2 Å². The molecule has 2 unspecified atom stereocenters. The standard InChI is InChI=1S/C16H17Cl2NO/c1-10-5-3-4-6-13(10)16(11(2)19)20-15-9-12(17)7-8-14(15)18/h3-9,11,16H,19H2,1-2H3. The van der Waals surface area contributed by atoms with Crippen LogP contribution >= 0.6 is 23.2 Å². The van der Waals surface area contributed by atoms with E-state index in [1.807, 2.05) is 38.1 Å². The molecule has 20 heavy (non-hydrogen) atoms. The average Bonchev–Trinajstić information content (AvgIpc) is 2.40. The summed E-state index contributed by atoms with van der Waals surface area (Å²) in [5.74, 6) is 0.546. The lowest BCUT2D eigenvalue weighted by atomic mass is 9.99. The molecule has 2 atom stereocenters. The van der Waals surface area contributed by atoms with Crippen molar-refractivity contribution in [3.63, 3.8) is 0 Å². The predicted molar refractivity (Wildman–Crippen MR) is 84.7 cm³/mol. The highest BCUT2D eigenvalue weighted by Gasteiger charge is 2.21. The van der Waals surface area contributed by atoms with Crippen LogP contribution in [0.5, 0.6) is 5.75 Å². The van der Waals surface area contributed by atoms with Crippen LogP contribution in [0.1, 0.15) is 24.2 Å². The van der Waals surface area contributed by atoms with E-state index in [9.17, 15) is 0 Å². The maximum atomic E-state index is 6.15. The highest BCUT2D eigenvalue weighted by atomic mass is 35.5. The molecule has 2 nitrogen and oxygen atoms in total. The number of hydrogen-bond acceptors (Lipinski definition) is 2. The Kier molecular flexibility index (Phi) is 4.92. The summed E-state index contributed by atoms with van der Waals surface area (Å²) in [5, 5.41) is 1.10. The van der Waals surface area contributed by atoms with Gasteiger partial charge < -0.3 is 10.5 Å². The Morgan fingerprint density at radius 3 is 2.45 bits per heavy atom. The van der Waals surface area contributed by atoms with Gasteiger partial charge in [-0.05, 0) is 37.1 Å². The highest BCUT2D eigenvalue weighted by Crippen LogP contribution is 2.33. The summed E-state index contributed by atoms with van der Waals surface area (Å²) in [6, 6.07) is 13.0. The van der Waals surface area contributed by atoms with Crippen LogP contribution in [0.4, 0.5) is 0 Å². The van der Waals surface area contributed by atoms with E-state index in [1.165, 1.54) is 0 Å². The molecule has 0 saturated heterocycles. The molecule has 2 aromatic carbocycles. The van der Waals surface area contributed by atoms with Gasteiger partial charge in [0.05, 0.1) is 5.02 Å². The van der Waals surface area contributed by atoms with Crippen molar-refractivity contribution >= 4 is 23.2 Å². The van der Waals surface area contributed by atoms with Gasteiger partial charge in [-0.15, -0.1) is 0 Å². The quantitative estimate of drug-likeness (QED) is 0.883. The van der Waals surface area contributed by atoms with Gasteiger partial charge in [-0.1, -0.05) is 47.5 Å². The van der Waals surface area contributed by atoms with Gasteiger partial charge in [-0.25, -0.2) is 0 Å². The van der Waals surface area contributed by atoms with Crippen LogP contribution in [0.2, 0.25) is 10.0 Å². The molecule has 0 aliphatic carbocycles. The third kappa shape index (κ3) is 3.45. The summed E-state index contributed by atoms with van der Waals surface area (Å²) in [4.78, 5) is 0. The summed E-state index contributed by atoms with van der Waals surface area (Å²) >= 11 is 12.1. The summed E-state index contributed by atoms with van der Waals surface area (Å²) in [7, 11) is 0. The van der Waals surface area contributed by atoms with Gasteiger partial charge in [0, 0.05) is 17.1 Å². The number of ether oxygens (including phenoxy) is 1. The van der Waals surface area contributed by atoms with Gasteiger partial charge in [0.1, 0.15) is 11.9 Å². The first-order valence-corrected chi connectivity index (χ1v) is 7.17. The van der Waals surface area contributed by atoms with Crippen molar-refractivity contribution in [1.29, 1.82) is 0 Å². The number of hydrogen-bond donors (Lipinski definition) is 1. The Morgan fingerprint density at radius 2 is 1.80 bits per heavy atom. The fourth-order valence-electron chi connectivity index (χ4n) is 2.06. The summed E-state index contributed by atoms with van der Waals surface area (Å²) < 4.78 is 6.01. The van der Waals surface area contributed by atoms with Crippen molar-refractivity contribution in [3.8, 4) is 5.75 Å². The smallest absolute Gasteiger partial charge is 0.140 e. The zero-order valence-electron chi connectivity index (χ0n) is 11.4. The van der Waals surface area contributed by atoms with E-state index in [0.717, 1.165) is 11.1 Å². The van der Waals surface area contributed by atoms with Crippen LogP contribution < -0.4 is 10.5 Å². The van der Waals surface area contributed by atoms with E-state index in [4.69, 9.17) is 33.7 Å². The summed E-state index contributed by atoms with van der Waals surface area (Å²) in [5.41, 5.74) is 8.26. The van der Waals surface area contributed by atoms with E-state index < -0.39 is 0 Å². The predicted octanol–water partition coefficient (Wildman–Crippen LogP) is 4.77. The Hall–Kier alpha value is -1.22. The van der Waals surface area contributed by atoms with Crippen molar-refractivity contribution in [2.24, 2.45) is 5.73 Å². The molecule has 106 valence electrons. The van der Waals surface area contributed by atoms with Gasteiger partial charge in [0.15, 0.2) is 0 Å². The first kappa shape index (κ1) is 15.2. The average molecular weight is 310 g/mol. The maximum Gasteiger partial charge on any atom is 0.140 e. The number of rotatable bonds is 4. The lowest BCUT2D eigenvalue weighted by molar-refractivity contribution is 0.180. The Labute approximate surface area is 129 Å². The molecule has 0 aromatic heterocycles. The molecule has 0 spiro atoms. The maximum absolute atomic E-state index is 6.15. The Morgan fingerprint density at radius 1 is 1.10 bits per heavy atom. The first-order valence-electron chi connectivity index (χ1n) is 6.42. The zero-order valence-corrected chi connectivity index (χ0v) is 12.9. The van der Waals surface area contributed by atoms with Crippen molar-refractivity contribution in [2.45, 2.75) is 26.0 Å². The normalized spacial score (nSPS) is 13.8. The fourth-order valence-corrected chi connectivity index (χ4v) is 2.39. The van der Waals surface area contributed by atoms with Crippen molar-refractivity contribution in [2.75, 3.05) is 0 Å². The molecule has 0 fully saturated rings. The van der Waals surface area contributed by atoms with Crippen molar-refractivity contribution in [1.82, 2.24) is 0 Å². The van der Waals surface area contributed by atoms with Crippen LogP contribution in [0, 0.1) is 6.92 Å². The molecule has 0 aliphatic rings. The molecule has 0 heterocycles. The van der Waals surface area contributed by atoms with Gasteiger partial charge in [0.2, 0.25) is 0 Å². The third-order valence-electron chi connectivity index (χ3n) is 3.12. The van der Waals surface area contributed by atoms with Crippen molar-refractivity contribution in [3.05, 3.63) is 63.6 Å². The molecule has 2 rings (SSSR count). The minimum atomic E-state index is -0.271. The number of nitrogens with two attached hydrogens (primary N) is 1.